The number of benzene rings is 3. The van der Waals surface area contributed by atoms with Crippen molar-refractivity contribution in [3.05, 3.63) is 95.7 Å². The van der Waals surface area contributed by atoms with Crippen LogP contribution in [0.4, 0.5) is 19.0 Å². The smallest absolute Gasteiger partial charge is 0.406 e. The van der Waals surface area contributed by atoms with E-state index in [0.717, 1.165) is 34.5 Å². The van der Waals surface area contributed by atoms with Crippen molar-refractivity contribution < 1.29 is 17.9 Å². The highest BCUT2D eigenvalue weighted by molar-refractivity contribution is 8.00. The van der Waals surface area contributed by atoms with E-state index in [9.17, 15) is 13.2 Å². The Morgan fingerprint density at radius 1 is 1.00 bits per heavy atom. The molecule has 0 unspecified atom stereocenters. The highest BCUT2D eigenvalue weighted by atomic mass is 32.2. The standard InChI is InChI=1S/C27H20F3N3OS/c28-27(29,30)34-22-11-5-19(6-12-22)17-33(35-23-13-7-18(15-31)8-14-23)26-25(20-9-10-20)24-4-2-1-3-21(24)16-32-26/h1-8,11-14,16,20H,9-10,17H2. The molecule has 0 atom stereocenters. The maximum Gasteiger partial charge on any atom is 0.573 e. The Morgan fingerprint density at radius 3 is 2.37 bits per heavy atom. The average Bonchev–Trinajstić information content (AvgIpc) is 3.69. The lowest BCUT2D eigenvalue weighted by molar-refractivity contribution is -0.274. The van der Waals surface area contributed by atoms with Gasteiger partial charge in [0.1, 0.15) is 11.6 Å². The molecule has 35 heavy (non-hydrogen) atoms. The first kappa shape index (κ1) is 23.1. The second-order valence-corrected chi connectivity index (χ2v) is 9.41. The number of nitriles is 1. The fourth-order valence-corrected chi connectivity index (χ4v) is 4.94. The SMILES string of the molecule is N#Cc1ccc(SN(Cc2ccc(OC(F)(F)F)cc2)c2ncc3ccccc3c2C2CC2)cc1. The molecule has 0 radical (unpaired) electrons. The van der Waals surface area contributed by atoms with Gasteiger partial charge in [0.05, 0.1) is 18.2 Å². The summed E-state index contributed by atoms with van der Waals surface area (Å²) in [6.07, 6.45) is -0.667. The molecule has 1 aliphatic carbocycles. The van der Waals surface area contributed by atoms with Crippen LogP contribution in [0.5, 0.6) is 5.75 Å². The molecule has 1 heterocycles. The van der Waals surface area contributed by atoms with Gasteiger partial charge < -0.3 is 4.74 Å². The summed E-state index contributed by atoms with van der Waals surface area (Å²) < 4.78 is 43.8. The minimum atomic E-state index is -4.73. The highest BCUT2D eigenvalue weighted by Crippen LogP contribution is 2.48. The van der Waals surface area contributed by atoms with E-state index >= 15 is 0 Å². The lowest BCUT2D eigenvalue weighted by Gasteiger charge is -2.26. The van der Waals surface area contributed by atoms with Crippen molar-refractivity contribution >= 4 is 28.5 Å². The van der Waals surface area contributed by atoms with Crippen molar-refractivity contribution in [1.29, 1.82) is 5.26 Å². The lowest BCUT2D eigenvalue weighted by Crippen LogP contribution is -2.18. The molecule has 4 nitrogen and oxygen atoms in total. The quantitative estimate of drug-likeness (QED) is 0.249. The number of hydrogen-bond donors (Lipinski definition) is 0. The minimum Gasteiger partial charge on any atom is -0.406 e. The van der Waals surface area contributed by atoms with Crippen molar-refractivity contribution in [3.8, 4) is 11.8 Å². The van der Waals surface area contributed by atoms with Gasteiger partial charge in [0.15, 0.2) is 0 Å². The van der Waals surface area contributed by atoms with E-state index in [0.29, 0.717) is 18.0 Å². The normalized spacial score (nSPS) is 13.4. The Morgan fingerprint density at radius 2 is 1.71 bits per heavy atom. The Balaban J connectivity index is 1.52. The van der Waals surface area contributed by atoms with Crippen LogP contribution in [0.2, 0.25) is 0 Å². The maximum atomic E-state index is 12.6. The Bertz CT molecular complexity index is 1380. The number of ether oxygens (including phenoxy) is 1. The molecule has 1 aliphatic rings. The van der Waals surface area contributed by atoms with Crippen LogP contribution < -0.4 is 9.04 Å². The molecule has 1 saturated carbocycles. The molecule has 0 spiro atoms. The highest BCUT2D eigenvalue weighted by Gasteiger charge is 2.32. The van der Waals surface area contributed by atoms with E-state index in [-0.39, 0.29) is 5.75 Å². The molecule has 176 valence electrons. The Kier molecular flexibility index (Phi) is 6.27. The molecule has 1 fully saturated rings. The van der Waals surface area contributed by atoms with E-state index < -0.39 is 6.36 Å². The molecule has 0 N–H and O–H groups in total. The van der Waals surface area contributed by atoms with E-state index in [4.69, 9.17) is 10.2 Å². The van der Waals surface area contributed by atoms with Crippen LogP contribution in [0.3, 0.4) is 0 Å². The molecule has 0 aliphatic heterocycles. The van der Waals surface area contributed by atoms with Crippen molar-refractivity contribution in [2.75, 3.05) is 4.31 Å². The zero-order chi connectivity index (χ0) is 24.4. The number of anilines is 1. The van der Waals surface area contributed by atoms with Crippen LogP contribution in [0.15, 0.2) is 83.9 Å². The predicted molar refractivity (Wildman–Crippen MR) is 130 cm³/mol. The number of hydrogen-bond acceptors (Lipinski definition) is 5. The molecule has 8 heteroatoms. The molecular weight excluding hydrogens is 471 g/mol. The largest absolute Gasteiger partial charge is 0.573 e. The molecule has 3 aromatic carbocycles. The van der Waals surface area contributed by atoms with Gasteiger partial charge >= 0.3 is 6.36 Å². The summed E-state index contributed by atoms with van der Waals surface area (Å²) >= 11 is 1.49. The zero-order valence-corrected chi connectivity index (χ0v) is 19.3. The fourth-order valence-electron chi connectivity index (χ4n) is 3.98. The summed E-state index contributed by atoms with van der Waals surface area (Å²) in [6, 6.07) is 23.5. The van der Waals surface area contributed by atoms with Gasteiger partial charge in [-0.05, 0) is 78.1 Å². The van der Waals surface area contributed by atoms with E-state index in [1.165, 1.54) is 35.0 Å². The second kappa shape index (κ2) is 9.51. The van der Waals surface area contributed by atoms with Gasteiger partial charge in [-0.1, -0.05) is 36.4 Å². The second-order valence-electron chi connectivity index (χ2n) is 8.31. The van der Waals surface area contributed by atoms with Crippen LogP contribution in [0.25, 0.3) is 10.8 Å². The van der Waals surface area contributed by atoms with E-state index in [2.05, 4.69) is 27.2 Å². The van der Waals surface area contributed by atoms with Crippen molar-refractivity contribution in [2.45, 2.75) is 36.6 Å². The van der Waals surface area contributed by atoms with Crippen molar-refractivity contribution in [3.63, 3.8) is 0 Å². The predicted octanol–water partition coefficient (Wildman–Crippen LogP) is 7.60. The molecule has 5 rings (SSSR count). The Labute approximate surface area is 205 Å². The van der Waals surface area contributed by atoms with Gasteiger partial charge in [0.2, 0.25) is 0 Å². The topological polar surface area (TPSA) is 49.2 Å². The number of nitrogens with zero attached hydrogens (tertiary/aromatic N) is 3. The number of aromatic nitrogens is 1. The summed E-state index contributed by atoms with van der Waals surface area (Å²) in [5.41, 5.74) is 2.59. The number of alkyl halides is 3. The third kappa shape index (κ3) is 5.52. The molecule has 0 saturated heterocycles. The first-order valence-corrected chi connectivity index (χ1v) is 11.8. The first-order valence-electron chi connectivity index (χ1n) is 11.1. The summed E-state index contributed by atoms with van der Waals surface area (Å²) in [4.78, 5) is 5.77. The molecule has 0 amide bonds. The van der Waals surface area contributed by atoms with Gasteiger partial charge in [-0.25, -0.2) is 4.98 Å². The fraction of sp³-hybridized carbons (Fsp3) is 0.185. The van der Waals surface area contributed by atoms with Crippen LogP contribution in [-0.2, 0) is 6.54 Å². The first-order chi connectivity index (χ1) is 16.9. The minimum absolute atomic E-state index is 0.255. The maximum absolute atomic E-state index is 12.6. The summed E-state index contributed by atoms with van der Waals surface area (Å²) in [7, 11) is 0. The average molecular weight is 492 g/mol. The third-order valence-corrected chi connectivity index (χ3v) is 6.73. The van der Waals surface area contributed by atoms with Gasteiger partial charge in [0.25, 0.3) is 0 Å². The van der Waals surface area contributed by atoms with Gasteiger partial charge in [-0.15, -0.1) is 13.2 Å². The van der Waals surface area contributed by atoms with Crippen molar-refractivity contribution in [2.24, 2.45) is 0 Å². The number of fused-ring (bicyclic) bond motifs is 1. The third-order valence-electron chi connectivity index (χ3n) is 5.72. The van der Waals surface area contributed by atoms with Gasteiger partial charge in [-0.3, -0.25) is 4.31 Å². The molecule has 4 aromatic rings. The Hall–Kier alpha value is -3.70. The number of halogens is 3. The van der Waals surface area contributed by atoms with E-state index in [1.807, 2.05) is 30.5 Å². The van der Waals surface area contributed by atoms with Gasteiger partial charge in [0, 0.05) is 22.0 Å². The van der Waals surface area contributed by atoms with Crippen LogP contribution in [0.1, 0.15) is 35.4 Å². The molecule has 1 aromatic heterocycles. The van der Waals surface area contributed by atoms with Gasteiger partial charge in [-0.2, -0.15) is 5.26 Å². The summed E-state index contributed by atoms with van der Waals surface area (Å²) in [5, 5.41) is 11.4. The monoisotopic (exact) mass is 491 g/mol. The molecular formula is C27H20F3N3OS. The van der Waals surface area contributed by atoms with Crippen LogP contribution >= 0.6 is 11.9 Å². The van der Waals surface area contributed by atoms with Crippen LogP contribution in [-0.4, -0.2) is 11.3 Å². The lowest BCUT2D eigenvalue weighted by atomic mass is 10.0. The van der Waals surface area contributed by atoms with E-state index in [1.54, 1.807) is 24.3 Å². The number of pyridine rings is 1. The summed E-state index contributed by atoms with van der Waals surface area (Å²) in [6.45, 7) is 0.419. The zero-order valence-electron chi connectivity index (χ0n) is 18.5. The summed E-state index contributed by atoms with van der Waals surface area (Å²) in [5.74, 6) is 1.02. The van der Waals surface area contributed by atoms with Crippen molar-refractivity contribution in [1.82, 2.24) is 4.98 Å². The van der Waals surface area contributed by atoms with Crippen LogP contribution in [0, 0.1) is 11.3 Å². The number of rotatable bonds is 7. The molecule has 0 bridgehead atoms.